The van der Waals surface area contributed by atoms with E-state index in [0.717, 1.165) is 5.56 Å². The number of aromatic nitrogens is 2. The van der Waals surface area contributed by atoms with Crippen LogP contribution in [0.3, 0.4) is 0 Å². The van der Waals surface area contributed by atoms with Crippen LogP contribution in [0.5, 0.6) is 0 Å². The summed E-state index contributed by atoms with van der Waals surface area (Å²) in [7, 11) is 0. The summed E-state index contributed by atoms with van der Waals surface area (Å²) in [6.07, 6.45) is 1.73. The van der Waals surface area contributed by atoms with E-state index in [-0.39, 0.29) is 0 Å². The quantitative estimate of drug-likeness (QED) is 0.609. The number of hydrogen-bond acceptors (Lipinski definition) is 2. The summed E-state index contributed by atoms with van der Waals surface area (Å²) in [5, 5.41) is 11.4. The van der Waals surface area contributed by atoms with Crippen molar-refractivity contribution in [3.63, 3.8) is 0 Å². The number of benzene rings is 2. The normalized spacial score (nSPS) is 10.5. The van der Waals surface area contributed by atoms with Gasteiger partial charge >= 0.3 is 6.03 Å². The maximum atomic E-state index is 12.0. The summed E-state index contributed by atoms with van der Waals surface area (Å²) >= 11 is 18.1. The molecule has 2 N–H and O–H groups in total. The summed E-state index contributed by atoms with van der Waals surface area (Å²) in [5.74, 6) is 0.412. The highest BCUT2D eigenvalue weighted by Crippen LogP contribution is 2.25. The Morgan fingerprint density at radius 2 is 1.64 bits per heavy atom. The molecule has 8 heteroatoms. The van der Waals surface area contributed by atoms with Crippen LogP contribution >= 0.6 is 34.8 Å². The lowest BCUT2D eigenvalue weighted by molar-refractivity contribution is 0.262. The molecule has 0 unspecified atom stereocenters. The molecule has 0 radical (unpaired) electrons. The lowest BCUT2D eigenvalue weighted by atomic mass is 10.2. The van der Waals surface area contributed by atoms with E-state index in [1.54, 1.807) is 59.4 Å². The topological polar surface area (TPSA) is 59.0 Å². The molecule has 5 nitrogen and oxygen atoms in total. The Labute approximate surface area is 159 Å². The zero-order valence-electron chi connectivity index (χ0n) is 12.8. The van der Waals surface area contributed by atoms with Gasteiger partial charge in [-0.2, -0.15) is 5.10 Å². The van der Waals surface area contributed by atoms with Gasteiger partial charge in [0, 0.05) is 38.6 Å². The number of carbonyl (C=O) groups is 1. The zero-order valence-corrected chi connectivity index (χ0v) is 15.1. The molecule has 0 saturated heterocycles. The molecule has 2 aromatic carbocycles. The Morgan fingerprint density at radius 3 is 2.32 bits per heavy atom. The van der Waals surface area contributed by atoms with Crippen LogP contribution in [0.2, 0.25) is 15.1 Å². The number of hydrogen-bond donors (Lipinski definition) is 2. The second kappa shape index (κ2) is 7.78. The molecule has 0 aliphatic rings. The van der Waals surface area contributed by atoms with E-state index in [9.17, 15) is 4.79 Å². The molecule has 1 aromatic heterocycles. The van der Waals surface area contributed by atoms with E-state index in [2.05, 4.69) is 15.7 Å². The fourth-order valence-corrected chi connectivity index (χ4v) is 2.82. The second-order valence-electron chi connectivity index (χ2n) is 5.18. The van der Waals surface area contributed by atoms with Crippen molar-refractivity contribution in [1.29, 1.82) is 0 Å². The van der Waals surface area contributed by atoms with Crippen LogP contribution in [0.1, 0.15) is 5.56 Å². The third kappa shape index (κ3) is 4.66. The molecule has 0 atom stereocenters. The third-order valence-corrected chi connectivity index (χ3v) is 4.33. The first-order valence-electron chi connectivity index (χ1n) is 7.31. The summed E-state index contributed by atoms with van der Waals surface area (Å²) in [5.41, 5.74) is 1.40. The van der Waals surface area contributed by atoms with E-state index in [4.69, 9.17) is 34.8 Å². The van der Waals surface area contributed by atoms with Crippen molar-refractivity contribution in [2.75, 3.05) is 10.6 Å². The minimum atomic E-state index is -0.400. The van der Waals surface area contributed by atoms with Gasteiger partial charge in [0.1, 0.15) is 0 Å². The molecular weight excluding hydrogens is 383 g/mol. The number of anilines is 2. The van der Waals surface area contributed by atoms with Gasteiger partial charge < -0.3 is 5.32 Å². The Balaban J connectivity index is 1.63. The highest BCUT2D eigenvalue weighted by Gasteiger charge is 2.09. The van der Waals surface area contributed by atoms with Crippen molar-refractivity contribution in [3.05, 3.63) is 75.4 Å². The molecule has 1 heterocycles. The van der Waals surface area contributed by atoms with E-state index in [0.29, 0.717) is 33.1 Å². The van der Waals surface area contributed by atoms with Gasteiger partial charge in [-0.25, -0.2) is 4.79 Å². The monoisotopic (exact) mass is 394 g/mol. The molecule has 3 rings (SSSR count). The first kappa shape index (κ1) is 17.6. The van der Waals surface area contributed by atoms with E-state index in [1.807, 2.05) is 0 Å². The maximum absolute atomic E-state index is 12.0. The maximum Gasteiger partial charge on any atom is 0.324 e. The van der Waals surface area contributed by atoms with Crippen LogP contribution in [-0.4, -0.2) is 15.8 Å². The Hall–Kier alpha value is -2.21. The number of nitrogens with zero attached hydrogens (tertiary/aromatic N) is 2. The summed E-state index contributed by atoms with van der Waals surface area (Å²) in [6, 6.07) is 13.4. The Kier molecular flexibility index (Phi) is 5.48. The summed E-state index contributed by atoms with van der Waals surface area (Å²) in [4.78, 5) is 12.0. The Bertz CT molecular complexity index is 873. The third-order valence-electron chi connectivity index (χ3n) is 3.37. The Morgan fingerprint density at radius 1 is 0.960 bits per heavy atom. The molecule has 128 valence electrons. The van der Waals surface area contributed by atoms with Gasteiger partial charge in [-0.1, -0.05) is 40.9 Å². The average Bonchev–Trinajstić information content (AvgIpc) is 3.00. The molecule has 0 bridgehead atoms. The van der Waals surface area contributed by atoms with Crippen LogP contribution in [-0.2, 0) is 6.54 Å². The first-order chi connectivity index (χ1) is 12.0. The van der Waals surface area contributed by atoms with Crippen molar-refractivity contribution in [3.8, 4) is 0 Å². The van der Waals surface area contributed by atoms with Gasteiger partial charge in [0.25, 0.3) is 0 Å². The standard InChI is InChI=1S/C17H13Cl3N4O/c18-11-4-6-12(7-5-11)21-17(25)22-16-8-9-24(23-16)10-13-14(19)2-1-3-15(13)20/h1-9H,10H2,(H2,21,22,23,25). The number of rotatable bonds is 4. The minimum absolute atomic E-state index is 0.400. The number of urea groups is 1. The van der Waals surface area contributed by atoms with Crippen LogP contribution in [0.25, 0.3) is 0 Å². The molecule has 0 aliphatic heterocycles. The molecule has 0 aliphatic carbocycles. The van der Waals surface area contributed by atoms with Crippen molar-refractivity contribution >= 4 is 52.3 Å². The van der Waals surface area contributed by atoms with Crippen molar-refractivity contribution in [1.82, 2.24) is 9.78 Å². The second-order valence-corrected chi connectivity index (χ2v) is 6.44. The molecule has 0 spiro atoms. The molecular formula is C17H13Cl3N4O. The SMILES string of the molecule is O=C(Nc1ccc(Cl)cc1)Nc1ccn(Cc2c(Cl)cccc2Cl)n1. The van der Waals surface area contributed by atoms with E-state index in [1.165, 1.54) is 0 Å². The van der Waals surface area contributed by atoms with Gasteiger partial charge in [-0.3, -0.25) is 10.00 Å². The van der Waals surface area contributed by atoms with Crippen LogP contribution in [0.4, 0.5) is 16.3 Å². The highest BCUT2D eigenvalue weighted by atomic mass is 35.5. The van der Waals surface area contributed by atoms with Gasteiger partial charge in [0.2, 0.25) is 0 Å². The number of amides is 2. The lowest BCUT2D eigenvalue weighted by Gasteiger charge is -2.07. The fourth-order valence-electron chi connectivity index (χ4n) is 2.17. The summed E-state index contributed by atoms with van der Waals surface area (Å²) < 4.78 is 1.64. The minimum Gasteiger partial charge on any atom is -0.308 e. The van der Waals surface area contributed by atoms with Crippen LogP contribution in [0.15, 0.2) is 54.7 Å². The summed E-state index contributed by atoms with van der Waals surface area (Å²) in [6.45, 7) is 0.402. The van der Waals surface area contributed by atoms with Crippen molar-refractivity contribution < 1.29 is 4.79 Å². The fraction of sp³-hybridized carbons (Fsp3) is 0.0588. The van der Waals surface area contributed by atoms with E-state index < -0.39 is 6.03 Å². The number of halogens is 3. The van der Waals surface area contributed by atoms with Crippen molar-refractivity contribution in [2.24, 2.45) is 0 Å². The average molecular weight is 396 g/mol. The van der Waals surface area contributed by atoms with Gasteiger partial charge in [0.15, 0.2) is 5.82 Å². The molecule has 0 saturated carbocycles. The predicted molar refractivity (Wildman–Crippen MR) is 102 cm³/mol. The highest BCUT2D eigenvalue weighted by molar-refractivity contribution is 6.36. The van der Waals surface area contributed by atoms with Crippen LogP contribution in [0, 0.1) is 0 Å². The van der Waals surface area contributed by atoms with E-state index >= 15 is 0 Å². The smallest absolute Gasteiger partial charge is 0.308 e. The molecule has 3 aromatic rings. The number of nitrogens with one attached hydrogen (secondary N) is 2. The predicted octanol–water partition coefficient (Wildman–Crippen LogP) is 5.54. The van der Waals surface area contributed by atoms with Crippen LogP contribution < -0.4 is 10.6 Å². The van der Waals surface area contributed by atoms with Gasteiger partial charge in [-0.05, 0) is 36.4 Å². The largest absolute Gasteiger partial charge is 0.324 e. The molecule has 0 fully saturated rings. The molecule has 25 heavy (non-hydrogen) atoms. The lowest BCUT2D eigenvalue weighted by Crippen LogP contribution is -2.19. The van der Waals surface area contributed by atoms with Crippen molar-refractivity contribution in [2.45, 2.75) is 6.54 Å². The van der Waals surface area contributed by atoms with Gasteiger partial charge in [-0.15, -0.1) is 0 Å². The first-order valence-corrected chi connectivity index (χ1v) is 8.44. The molecule has 2 amide bonds. The zero-order chi connectivity index (χ0) is 17.8. The number of carbonyl (C=O) groups excluding carboxylic acids is 1. The van der Waals surface area contributed by atoms with Gasteiger partial charge in [0.05, 0.1) is 6.54 Å².